The van der Waals surface area contributed by atoms with Crippen LogP contribution in [0, 0.1) is 0 Å². The molecule has 25 heavy (non-hydrogen) atoms. The summed E-state index contributed by atoms with van der Waals surface area (Å²) >= 11 is 5.50. The number of hydrogen-bond acceptors (Lipinski definition) is 3. The topological polar surface area (TPSA) is 52.6 Å². The maximum absolute atomic E-state index is 12.9. The third kappa shape index (κ3) is 7.93. The monoisotopic (exact) mass is 392 g/mol. The largest absolute Gasteiger partial charge is 0.418 e. The van der Waals surface area contributed by atoms with Crippen molar-refractivity contribution in [2.24, 2.45) is 0 Å². The quantitative estimate of drug-likeness (QED) is 0.698. The highest BCUT2D eigenvalue weighted by Gasteiger charge is 2.35. The van der Waals surface area contributed by atoms with E-state index < -0.39 is 42.6 Å². The lowest BCUT2D eigenvalue weighted by atomic mass is 10.1. The zero-order valence-corrected chi connectivity index (χ0v) is 13.5. The zero-order chi connectivity index (χ0) is 19.3. The van der Waals surface area contributed by atoms with Crippen LogP contribution < -0.4 is 5.32 Å². The predicted octanol–water partition coefficient (Wildman–Crippen LogP) is 3.54. The van der Waals surface area contributed by atoms with Gasteiger partial charge in [0.2, 0.25) is 5.91 Å². The lowest BCUT2D eigenvalue weighted by Crippen LogP contribution is -2.40. The van der Waals surface area contributed by atoms with E-state index in [1.165, 1.54) is 0 Å². The second-order valence-corrected chi connectivity index (χ2v) is 5.58. The highest BCUT2D eigenvalue weighted by atomic mass is 35.5. The molecule has 11 heteroatoms. The fraction of sp³-hybridized carbons (Fsp3) is 0.500. The Bertz CT molecular complexity index is 592. The van der Waals surface area contributed by atoms with Gasteiger partial charge in [0.15, 0.2) is 0 Å². The van der Waals surface area contributed by atoms with Gasteiger partial charge in [-0.1, -0.05) is 11.6 Å². The van der Waals surface area contributed by atoms with Gasteiger partial charge < -0.3 is 10.4 Å². The summed E-state index contributed by atoms with van der Waals surface area (Å²) in [7, 11) is 0. The standard InChI is InChI=1S/C14H15ClF6N2O2/c15-9-2-3-11(10(6-9)14(19,20)21)22-12(25)7-23(4-1-5-24)8-13(16,17)18/h2-3,6,24H,1,4-5,7-8H2,(H,22,25). The fourth-order valence-corrected chi connectivity index (χ4v) is 2.19. The molecule has 1 rings (SSSR count). The average Bonchev–Trinajstić information content (AvgIpc) is 2.44. The summed E-state index contributed by atoms with van der Waals surface area (Å²) in [6.07, 6.45) is -9.40. The molecule has 0 radical (unpaired) electrons. The minimum absolute atomic E-state index is 0.0158. The number of halogens is 7. The van der Waals surface area contributed by atoms with Crippen LogP contribution in [0.15, 0.2) is 18.2 Å². The molecule has 0 unspecified atom stereocenters. The van der Waals surface area contributed by atoms with Crippen molar-refractivity contribution in [3.05, 3.63) is 28.8 Å². The number of benzene rings is 1. The van der Waals surface area contributed by atoms with Crippen molar-refractivity contribution in [2.45, 2.75) is 18.8 Å². The van der Waals surface area contributed by atoms with Gasteiger partial charge in [-0.2, -0.15) is 26.3 Å². The molecule has 0 aliphatic rings. The van der Waals surface area contributed by atoms with Gasteiger partial charge in [0.25, 0.3) is 0 Å². The first-order valence-electron chi connectivity index (χ1n) is 6.99. The highest BCUT2D eigenvalue weighted by molar-refractivity contribution is 6.30. The molecule has 0 bridgehead atoms. The van der Waals surface area contributed by atoms with Crippen LogP contribution in [0.1, 0.15) is 12.0 Å². The Hall–Kier alpha value is -1.52. The first-order valence-corrected chi connectivity index (χ1v) is 7.37. The van der Waals surface area contributed by atoms with E-state index in [4.69, 9.17) is 16.7 Å². The van der Waals surface area contributed by atoms with Crippen LogP contribution in [0.3, 0.4) is 0 Å². The molecular weight excluding hydrogens is 378 g/mol. The first kappa shape index (κ1) is 21.5. The normalized spacial score (nSPS) is 12.5. The molecule has 2 N–H and O–H groups in total. The maximum Gasteiger partial charge on any atom is 0.418 e. The summed E-state index contributed by atoms with van der Waals surface area (Å²) in [5, 5.41) is 10.4. The Labute approximate surface area is 144 Å². The predicted molar refractivity (Wildman–Crippen MR) is 79.3 cm³/mol. The molecule has 0 aromatic heterocycles. The number of rotatable bonds is 7. The van der Waals surface area contributed by atoms with Gasteiger partial charge in [-0.05, 0) is 24.6 Å². The van der Waals surface area contributed by atoms with Crippen molar-refractivity contribution >= 4 is 23.2 Å². The van der Waals surface area contributed by atoms with Gasteiger partial charge >= 0.3 is 12.4 Å². The lowest BCUT2D eigenvalue weighted by Gasteiger charge is -2.23. The molecule has 1 aromatic rings. The minimum Gasteiger partial charge on any atom is -0.396 e. The van der Waals surface area contributed by atoms with Crippen molar-refractivity contribution in [3.8, 4) is 0 Å². The van der Waals surface area contributed by atoms with E-state index in [9.17, 15) is 31.1 Å². The summed E-state index contributed by atoms with van der Waals surface area (Å²) in [5.74, 6) is -1.05. The Morgan fingerprint density at radius 1 is 1.20 bits per heavy atom. The van der Waals surface area contributed by atoms with E-state index in [0.29, 0.717) is 11.0 Å². The third-order valence-corrected chi connectivity index (χ3v) is 3.20. The van der Waals surface area contributed by atoms with Crippen LogP contribution in [0.5, 0.6) is 0 Å². The van der Waals surface area contributed by atoms with Gasteiger partial charge in [-0.15, -0.1) is 0 Å². The molecule has 0 atom stereocenters. The van der Waals surface area contributed by atoms with Crippen molar-refractivity contribution < 1.29 is 36.2 Å². The second-order valence-electron chi connectivity index (χ2n) is 5.14. The fourth-order valence-electron chi connectivity index (χ4n) is 2.01. The number of nitrogens with zero attached hydrogens (tertiary/aromatic N) is 1. The van der Waals surface area contributed by atoms with Crippen LogP contribution >= 0.6 is 11.6 Å². The highest BCUT2D eigenvalue weighted by Crippen LogP contribution is 2.36. The molecule has 0 saturated carbocycles. The van der Waals surface area contributed by atoms with Gasteiger partial charge in [0, 0.05) is 18.2 Å². The molecule has 142 valence electrons. The molecule has 1 aromatic carbocycles. The summed E-state index contributed by atoms with van der Waals surface area (Å²) in [6.45, 7) is -2.83. The number of amides is 1. The van der Waals surface area contributed by atoms with Gasteiger partial charge in [-0.3, -0.25) is 9.69 Å². The van der Waals surface area contributed by atoms with Crippen LogP contribution in [0.2, 0.25) is 5.02 Å². The molecule has 0 heterocycles. The molecule has 0 aliphatic carbocycles. The molecule has 0 spiro atoms. The Morgan fingerprint density at radius 3 is 2.36 bits per heavy atom. The lowest BCUT2D eigenvalue weighted by molar-refractivity contribution is -0.148. The number of alkyl halides is 6. The Kier molecular flexibility index (Phi) is 7.51. The number of hydrogen-bond donors (Lipinski definition) is 2. The summed E-state index contributed by atoms with van der Waals surface area (Å²) in [6, 6.07) is 2.65. The molecule has 1 amide bonds. The van der Waals surface area contributed by atoms with Crippen LogP contribution in [0.4, 0.5) is 32.0 Å². The smallest absolute Gasteiger partial charge is 0.396 e. The van der Waals surface area contributed by atoms with E-state index >= 15 is 0 Å². The van der Waals surface area contributed by atoms with Gasteiger partial charge in [0.1, 0.15) is 0 Å². The number of carbonyl (C=O) groups is 1. The van der Waals surface area contributed by atoms with E-state index in [1.54, 1.807) is 0 Å². The van der Waals surface area contributed by atoms with E-state index in [-0.39, 0.29) is 24.6 Å². The Morgan fingerprint density at radius 2 is 1.84 bits per heavy atom. The van der Waals surface area contributed by atoms with E-state index in [2.05, 4.69) is 0 Å². The molecule has 0 fully saturated rings. The Balaban J connectivity index is 2.86. The molecule has 4 nitrogen and oxygen atoms in total. The number of nitrogens with one attached hydrogen (secondary N) is 1. The summed E-state index contributed by atoms with van der Waals surface area (Å²) in [5.41, 5.74) is -1.80. The van der Waals surface area contributed by atoms with E-state index in [0.717, 1.165) is 12.1 Å². The molecular formula is C14H15ClF6N2O2. The number of carbonyl (C=O) groups excluding carboxylic acids is 1. The van der Waals surface area contributed by atoms with Crippen molar-refractivity contribution in [3.63, 3.8) is 0 Å². The summed E-state index contributed by atoms with van der Waals surface area (Å²) in [4.78, 5) is 12.5. The average molecular weight is 393 g/mol. The van der Waals surface area contributed by atoms with E-state index in [1.807, 2.05) is 5.32 Å². The number of anilines is 1. The minimum atomic E-state index is -4.80. The molecule has 0 aliphatic heterocycles. The first-order chi connectivity index (χ1) is 11.4. The van der Waals surface area contributed by atoms with Crippen molar-refractivity contribution in [2.75, 3.05) is 31.6 Å². The third-order valence-electron chi connectivity index (χ3n) is 2.96. The van der Waals surface area contributed by atoms with Gasteiger partial charge in [-0.25, -0.2) is 0 Å². The maximum atomic E-state index is 12.9. The zero-order valence-electron chi connectivity index (χ0n) is 12.7. The SMILES string of the molecule is O=C(CN(CCCO)CC(F)(F)F)Nc1ccc(Cl)cc1C(F)(F)F. The van der Waals surface area contributed by atoms with Crippen LogP contribution in [0.25, 0.3) is 0 Å². The number of aliphatic hydroxyl groups excluding tert-OH is 1. The van der Waals surface area contributed by atoms with Gasteiger partial charge in [0.05, 0.1) is 24.3 Å². The number of aliphatic hydroxyl groups is 1. The van der Waals surface area contributed by atoms with Crippen molar-refractivity contribution in [1.29, 1.82) is 0 Å². The summed E-state index contributed by atoms with van der Waals surface area (Å²) < 4.78 is 76.2. The molecule has 0 saturated heterocycles. The van der Waals surface area contributed by atoms with Crippen molar-refractivity contribution in [1.82, 2.24) is 4.90 Å². The van der Waals surface area contributed by atoms with Crippen LogP contribution in [-0.2, 0) is 11.0 Å². The second kappa shape index (κ2) is 8.72. The van der Waals surface area contributed by atoms with Crippen LogP contribution in [-0.4, -0.2) is 48.3 Å².